The minimum Gasteiger partial charge on any atom is -0.337 e. The summed E-state index contributed by atoms with van der Waals surface area (Å²) in [5.74, 6) is 0.148. The van der Waals surface area contributed by atoms with Crippen LogP contribution >= 0.6 is 11.3 Å². The molecule has 1 aromatic carbocycles. The third kappa shape index (κ3) is 7.00. The van der Waals surface area contributed by atoms with E-state index in [1.54, 1.807) is 12.1 Å². The number of nitriles is 1. The van der Waals surface area contributed by atoms with Gasteiger partial charge in [0.15, 0.2) is 0 Å². The first-order valence-electron chi connectivity index (χ1n) is 10.3. The van der Waals surface area contributed by atoms with Crippen molar-refractivity contribution in [1.29, 1.82) is 5.26 Å². The van der Waals surface area contributed by atoms with Gasteiger partial charge in [0.25, 0.3) is 0 Å². The molecule has 0 aliphatic carbocycles. The number of hydrogen-bond acceptors (Lipinski definition) is 9. The number of thiophene rings is 1. The van der Waals surface area contributed by atoms with Crippen molar-refractivity contribution in [3.05, 3.63) is 59.8 Å². The van der Waals surface area contributed by atoms with Crippen LogP contribution in [0.15, 0.2) is 58.0 Å². The number of hydrogen-bond donors (Lipinski definition) is 2. The molecule has 2 atom stereocenters. The highest BCUT2D eigenvalue weighted by molar-refractivity contribution is 7.88. The van der Waals surface area contributed by atoms with Crippen molar-refractivity contribution >= 4 is 38.2 Å². The standard InChI is InChI=1S/C13H15N3O.C9H8N2O4S3/c1-15-12-5-6-16(13(12)17)9-11-4-2-3-10(7-11)8-14;1-17(12)9-10-5-4-6(11-9)7-2-3-8(16-7)18(13,14)15/h2-4,7,12,15H,5-6,9H2,1H3;2-5H,1H3,(H,13,14,15)/t12-;/m0./s1. The van der Waals surface area contributed by atoms with Crippen molar-refractivity contribution in [3.8, 4) is 16.6 Å². The normalized spacial score (nSPS) is 16.3. The number of nitrogens with one attached hydrogen (secondary N) is 1. The molecule has 3 aromatic rings. The summed E-state index contributed by atoms with van der Waals surface area (Å²) in [5.41, 5.74) is 2.11. The van der Waals surface area contributed by atoms with E-state index in [9.17, 15) is 17.4 Å². The van der Waals surface area contributed by atoms with Crippen LogP contribution in [-0.4, -0.2) is 63.8 Å². The van der Waals surface area contributed by atoms with E-state index in [4.69, 9.17) is 9.81 Å². The second kappa shape index (κ2) is 11.6. The molecule has 1 unspecified atom stereocenters. The fraction of sp³-hybridized carbons (Fsp3) is 0.273. The molecule has 1 aliphatic rings. The van der Waals surface area contributed by atoms with Crippen LogP contribution in [-0.2, 0) is 32.3 Å². The van der Waals surface area contributed by atoms with Gasteiger partial charge in [0.05, 0.1) is 39.0 Å². The van der Waals surface area contributed by atoms with Crippen LogP contribution in [0.1, 0.15) is 17.5 Å². The number of carbonyl (C=O) groups excluding carboxylic acids is 1. The number of likely N-dealkylation sites (N-methyl/N-ethyl adjacent to an activating group) is 1. The lowest BCUT2D eigenvalue weighted by atomic mass is 10.1. The SMILES string of the molecule is CN[C@H]1CCN(Cc2cccc(C#N)c2)C1=O.CS(=O)c1nccc(-c2ccc(S(=O)(=O)O)s2)n1. The molecule has 2 aromatic heterocycles. The zero-order valence-corrected chi connectivity index (χ0v) is 21.4. The molecule has 35 heavy (non-hydrogen) atoms. The Morgan fingerprint density at radius 1 is 1.31 bits per heavy atom. The van der Waals surface area contributed by atoms with Gasteiger partial charge in [-0.3, -0.25) is 13.6 Å². The number of nitrogens with zero attached hydrogens (tertiary/aromatic N) is 4. The number of benzene rings is 1. The lowest BCUT2D eigenvalue weighted by molar-refractivity contribution is -0.129. The molecule has 13 heteroatoms. The summed E-state index contributed by atoms with van der Waals surface area (Å²) in [6.07, 6.45) is 3.76. The fourth-order valence-corrected chi connectivity index (χ4v) is 5.41. The Morgan fingerprint density at radius 3 is 2.69 bits per heavy atom. The van der Waals surface area contributed by atoms with Crippen molar-refractivity contribution in [2.45, 2.75) is 28.4 Å². The Balaban J connectivity index is 0.000000196. The molecular formula is C22H23N5O5S3. The van der Waals surface area contributed by atoms with Crippen LogP contribution in [0.2, 0.25) is 0 Å². The van der Waals surface area contributed by atoms with Crippen molar-refractivity contribution < 1.29 is 22.0 Å². The first-order valence-corrected chi connectivity index (χ1v) is 14.1. The van der Waals surface area contributed by atoms with Crippen LogP contribution < -0.4 is 5.32 Å². The molecule has 4 rings (SSSR count). The van der Waals surface area contributed by atoms with E-state index in [1.165, 1.54) is 24.6 Å². The average Bonchev–Trinajstić information content (AvgIpc) is 3.47. The van der Waals surface area contributed by atoms with Crippen LogP contribution in [0.25, 0.3) is 10.6 Å². The molecule has 10 nitrogen and oxygen atoms in total. The minimum atomic E-state index is -4.20. The third-order valence-corrected chi connectivity index (χ3v) is 8.19. The molecule has 184 valence electrons. The van der Waals surface area contributed by atoms with E-state index in [-0.39, 0.29) is 21.3 Å². The Hall–Kier alpha value is -3.02. The topological polar surface area (TPSA) is 153 Å². The number of likely N-dealkylation sites (tertiary alicyclic amines) is 1. The minimum absolute atomic E-state index is 0.0471. The number of amides is 1. The molecule has 0 saturated carbocycles. The lowest BCUT2D eigenvalue weighted by Gasteiger charge is -2.16. The summed E-state index contributed by atoms with van der Waals surface area (Å²) in [7, 11) is -3.70. The van der Waals surface area contributed by atoms with E-state index in [1.807, 2.05) is 30.1 Å². The van der Waals surface area contributed by atoms with Gasteiger partial charge in [-0.15, -0.1) is 11.3 Å². The molecule has 1 amide bonds. The first kappa shape index (κ1) is 26.6. The fourth-order valence-electron chi connectivity index (χ4n) is 3.34. The second-order valence-electron chi connectivity index (χ2n) is 7.47. The van der Waals surface area contributed by atoms with E-state index in [2.05, 4.69) is 21.4 Å². The number of carbonyl (C=O) groups is 1. The third-order valence-electron chi connectivity index (χ3n) is 5.05. The van der Waals surface area contributed by atoms with Gasteiger partial charge in [-0.2, -0.15) is 13.7 Å². The number of rotatable bonds is 6. The van der Waals surface area contributed by atoms with Gasteiger partial charge in [0, 0.05) is 25.5 Å². The first-order chi connectivity index (χ1) is 16.6. The summed E-state index contributed by atoms with van der Waals surface area (Å²) < 4.78 is 41.9. The smallest absolute Gasteiger partial charge is 0.304 e. The molecule has 2 N–H and O–H groups in total. The summed E-state index contributed by atoms with van der Waals surface area (Å²) in [4.78, 5) is 22.2. The van der Waals surface area contributed by atoms with Gasteiger partial charge in [-0.1, -0.05) is 12.1 Å². The van der Waals surface area contributed by atoms with E-state index < -0.39 is 20.9 Å². The van der Waals surface area contributed by atoms with Crippen LogP contribution in [0, 0.1) is 11.3 Å². The number of aromatic nitrogens is 2. The van der Waals surface area contributed by atoms with Gasteiger partial charge in [0.2, 0.25) is 11.1 Å². The lowest BCUT2D eigenvalue weighted by Crippen LogP contribution is -2.35. The summed E-state index contributed by atoms with van der Waals surface area (Å²) in [5, 5.41) is 12.0. The second-order valence-corrected chi connectivity index (χ2v) is 11.5. The molecule has 1 saturated heterocycles. The zero-order chi connectivity index (χ0) is 25.6. The molecule has 0 bridgehead atoms. The predicted molar refractivity (Wildman–Crippen MR) is 132 cm³/mol. The Kier molecular flexibility index (Phi) is 8.82. The largest absolute Gasteiger partial charge is 0.337 e. The highest BCUT2D eigenvalue weighted by Crippen LogP contribution is 2.29. The molecule has 0 radical (unpaired) electrons. The van der Waals surface area contributed by atoms with Gasteiger partial charge in [0.1, 0.15) is 4.21 Å². The summed E-state index contributed by atoms with van der Waals surface area (Å²) in [6.45, 7) is 1.37. The Morgan fingerprint density at radius 2 is 2.09 bits per heavy atom. The quantitative estimate of drug-likeness (QED) is 0.358. The molecule has 1 aliphatic heterocycles. The monoisotopic (exact) mass is 533 g/mol. The highest BCUT2D eigenvalue weighted by Gasteiger charge is 2.29. The molecule has 3 heterocycles. The maximum Gasteiger partial charge on any atom is 0.304 e. The van der Waals surface area contributed by atoms with Gasteiger partial charge >= 0.3 is 10.1 Å². The average molecular weight is 534 g/mol. The van der Waals surface area contributed by atoms with Crippen molar-refractivity contribution in [2.75, 3.05) is 19.8 Å². The van der Waals surface area contributed by atoms with Crippen molar-refractivity contribution in [1.82, 2.24) is 20.2 Å². The van der Waals surface area contributed by atoms with Crippen molar-refractivity contribution in [2.24, 2.45) is 0 Å². The maximum absolute atomic E-state index is 11.9. The van der Waals surface area contributed by atoms with Crippen LogP contribution in [0.5, 0.6) is 0 Å². The van der Waals surface area contributed by atoms with Crippen LogP contribution in [0.3, 0.4) is 0 Å². The molecule has 1 fully saturated rings. The molecular weight excluding hydrogens is 510 g/mol. The van der Waals surface area contributed by atoms with Crippen LogP contribution in [0.4, 0.5) is 0 Å². The summed E-state index contributed by atoms with van der Waals surface area (Å²) >= 11 is 0.886. The maximum atomic E-state index is 11.9. The molecule has 0 spiro atoms. The van der Waals surface area contributed by atoms with Crippen molar-refractivity contribution in [3.63, 3.8) is 0 Å². The Bertz CT molecular complexity index is 1380. The van der Waals surface area contributed by atoms with E-state index >= 15 is 0 Å². The summed E-state index contributed by atoms with van der Waals surface area (Å²) in [6, 6.07) is 13.9. The highest BCUT2D eigenvalue weighted by atomic mass is 32.3. The van der Waals surface area contributed by atoms with Gasteiger partial charge in [-0.25, -0.2) is 9.97 Å². The zero-order valence-electron chi connectivity index (χ0n) is 18.9. The van der Waals surface area contributed by atoms with E-state index in [0.29, 0.717) is 22.7 Å². The van der Waals surface area contributed by atoms with Gasteiger partial charge in [-0.05, 0) is 49.4 Å². The van der Waals surface area contributed by atoms with Gasteiger partial charge < -0.3 is 10.2 Å². The Labute approximate surface area is 209 Å². The predicted octanol–water partition coefficient (Wildman–Crippen LogP) is 2.07. The van der Waals surface area contributed by atoms with E-state index in [0.717, 1.165) is 29.9 Å².